The van der Waals surface area contributed by atoms with Crippen LogP contribution in [0.4, 0.5) is 5.69 Å². The van der Waals surface area contributed by atoms with Crippen molar-refractivity contribution in [3.05, 3.63) is 88.6 Å². The number of aliphatic hydroxyl groups excluding tert-OH is 1. The van der Waals surface area contributed by atoms with Crippen LogP contribution in [0.2, 0.25) is 5.02 Å². The molecule has 12 heteroatoms. The predicted octanol–water partition coefficient (Wildman–Crippen LogP) is 4.83. The Bertz CT molecular complexity index is 1760. The number of fused-ring (bicyclic) bond motifs is 1. The second kappa shape index (κ2) is 15.7. The van der Waals surface area contributed by atoms with E-state index in [9.17, 15) is 14.1 Å². The highest BCUT2D eigenvalue weighted by Crippen LogP contribution is 2.36. The van der Waals surface area contributed by atoms with E-state index in [0.717, 1.165) is 91.4 Å². The van der Waals surface area contributed by atoms with Gasteiger partial charge in [0.05, 0.1) is 29.9 Å². The van der Waals surface area contributed by atoms with Crippen LogP contribution in [0.15, 0.2) is 66.7 Å². The number of hydrogen-bond donors (Lipinski definition) is 3. The first kappa shape index (κ1) is 34.1. The summed E-state index contributed by atoms with van der Waals surface area (Å²) in [6.45, 7) is 5.67. The monoisotopic (exact) mass is 690 g/mol. The predicted molar refractivity (Wildman–Crippen MR) is 192 cm³/mol. The number of amides is 1. The van der Waals surface area contributed by atoms with Crippen molar-refractivity contribution in [2.45, 2.75) is 38.5 Å². The van der Waals surface area contributed by atoms with Crippen molar-refractivity contribution in [2.24, 2.45) is 0 Å². The molecule has 254 valence electrons. The number of aromatic nitrogens is 2. The van der Waals surface area contributed by atoms with Crippen LogP contribution in [-0.4, -0.2) is 92.9 Å². The Morgan fingerprint density at radius 3 is 2.65 bits per heavy atom. The summed E-state index contributed by atoms with van der Waals surface area (Å²) in [6, 6.07) is 21.0. The highest BCUT2D eigenvalue weighted by Gasteiger charge is 2.28. The summed E-state index contributed by atoms with van der Waals surface area (Å²) in [5.74, 6) is 0.630. The Morgan fingerprint density at radius 2 is 1.90 bits per heavy atom. The van der Waals surface area contributed by atoms with Crippen LogP contribution < -0.4 is 15.4 Å². The van der Waals surface area contributed by atoms with Crippen molar-refractivity contribution >= 4 is 34.2 Å². The Balaban J connectivity index is 1.18. The van der Waals surface area contributed by atoms with Crippen molar-refractivity contribution in [3.63, 3.8) is 0 Å². The number of aryl methyl sites for hydroxylation is 1. The van der Waals surface area contributed by atoms with E-state index in [0.29, 0.717) is 30.2 Å². The number of likely N-dealkylation sites (tertiary alicyclic amines) is 1. The molecule has 0 bridgehead atoms. The number of halogens is 1. The quantitative estimate of drug-likeness (QED) is 0.172. The number of rotatable bonds is 13. The summed E-state index contributed by atoms with van der Waals surface area (Å²) >= 11 is 6.77. The second-order valence-electron chi connectivity index (χ2n) is 12.3. The average molecular weight is 691 g/mol. The van der Waals surface area contributed by atoms with Crippen molar-refractivity contribution in [2.75, 3.05) is 58.0 Å². The number of β-amino-alcohol motifs (C(OH)–C–C–N with tert-alkyl or cyclic N) is 1. The SMILES string of the molecule is COc1ccc(NCCNC(=O)c2cccc(-c3cc(-c4nn(CCCN5CCC(O)C5)c5c4CN(S(C)=O)CC5)ccc3Cl)c2)cc1. The van der Waals surface area contributed by atoms with Crippen molar-refractivity contribution in [1.82, 2.24) is 24.3 Å². The molecular formula is C36H43ClN6O4S. The summed E-state index contributed by atoms with van der Waals surface area (Å²) in [6.07, 6.45) is 4.04. The lowest BCUT2D eigenvalue weighted by atomic mass is 9.97. The number of aliphatic hydroxyl groups is 1. The van der Waals surface area contributed by atoms with Gasteiger partial charge in [0, 0.05) is 104 Å². The molecule has 0 saturated carbocycles. The molecule has 10 nitrogen and oxygen atoms in total. The third-order valence-electron chi connectivity index (χ3n) is 9.06. The number of hydrogen-bond acceptors (Lipinski definition) is 7. The van der Waals surface area contributed by atoms with Gasteiger partial charge in [0.1, 0.15) is 5.75 Å². The normalized spacial score (nSPS) is 17.2. The molecule has 1 fully saturated rings. The number of carbonyl (C=O) groups excluding carboxylic acids is 1. The number of carbonyl (C=O) groups is 1. The fourth-order valence-corrected chi connectivity index (χ4v) is 7.36. The summed E-state index contributed by atoms with van der Waals surface area (Å²) in [5.41, 5.74) is 7.22. The fourth-order valence-electron chi connectivity index (χ4n) is 6.48. The van der Waals surface area contributed by atoms with Gasteiger partial charge in [0.15, 0.2) is 0 Å². The van der Waals surface area contributed by atoms with E-state index in [1.54, 1.807) is 19.4 Å². The zero-order valence-corrected chi connectivity index (χ0v) is 29.0. The van der Waals surface area contributed by atoms with Gasteiger partial charge in [0.2, 0.25) is 0 Å². The van der Waals surface area contributed by atoms with Crippen LogP contribution in [0.3, 0.4) is 0 Å². The van der Waals surface area contributed by atoms with Gasteiger partial charge in [-0.3, -0.25) is 9.48 Å². The molecule has 1 amide bonds. The standard InChI is InChI=1S/C36H43ClN6O4S/c1-47-30-10-8-28(9-11-30)38-15-16-39-36(45)27-6-3-5-25(21-27)31-22-26(7-12-33(31)37)35-32-24-42(48(2)46)20-14-34(32)43(40-35)18-4-17-41-19-13-29(44)23-41/h3,5-12,21-22,29,38,44H,4,13-20,23-24H2,1-2H3,(H,39,45). The highest BCUT2D eigenvalue weighted by atomic mass is 35.5. The van der Waals surface area contributed by atoms with E-state index in [1.165, 1.54) is 5.69 Å². The van der Waals surface area contributed by atoms with Gasteiger partial charge in [-0.2, -0.15) is 5.10 Å². The van der Waals surface area contributed by atoms with Gasteiger partial charge < -0.3 is 25.4 Å². The number of benzene rings is 3. The minimum absolute atomic E-state index is 0.162. The highest BCUT2D eigenvalue weighted by molar-refractivity contribution is 7.81. The van der Waals surface area contributed by atoms with Crippen LogP contribution in [0.5, 0.6) is 5.75 Å². The Hall–Kier alpha value is -3.74. The maximum atomic E-state index is 13.1. The second-order valence-corrected chi connectivity index (χ2v) is 14.1. The third-order valence-corrected chi connectivity index (χ3v) is 10.4. The first-order chi connectivity index (χ1) is 23.3. The molecule has 3 aromatic carbocycles. The van der Waals surface area contributed by atoms with Gasteiger partial charge in [-0.15, -0.1) is 0 Å². The van der Waals surface area contributed by atoms with Crippen LogP contribution in [0, 0.1) is 0 Å². The lowest BCUT2D eigenvalue weighted by molar-refractivity contribution is 0.0955. The van der Waals surface area contributed by atoms with Gasteiger partial charge in [-0.05, 0) is 66.9 Å². The Morgan fingerprint density at radius 1 is 1.06 bits per heavy atom. The Kier molecular flexibility index (Phi) is 11.1. The maximum Gasteiger partial charge on any atom is 0.251 e. The molecule has 2 aliphatic rings. The van der Waals surface area contributed by atoms with Gasteiger partial charge in [-0.25, -0.2) is 8.51 Å². The lowest BCUT2D eigenvalue weighted by Crippen LogP contribution is -2.32. The van der Waals surface area contributed by atoms with Crippen LogP contribution in [-0.2, 0) is 30.5 Å². The van der Waals surface area contributed by atoms with Crippen molar-refractivity contribution < 1.29 is 18.8 Å². The van der Waals surface area contributed by atoms with E-state index in [-0.39, 0.29) is 12.0 Å². The largest absolute Gasteiger partial charge is 0.497 e. The molecule has 4 aromatic rings. The molecule has 1 aromatic heterocycles. The summed E-state index contributed by atoms with van der Waals surface area (Å²) < 4.78 is 21.8. The van der Waals surface area contributed by atoms with E-state index in [1.807, 2.05) is 65.0 Å². The summed E-state index contributed by atoms with van der Waals surface area (Å²) in [4.78, 5) is 15.4. The van der Waals surface area contributed by atoms with Crippen LogP contribution in [0.25, 0.3) is 22.4 Å². The zero-order valence-electron chi connectivity index (χ0n) is 27.5. The van der Waals surface area contributed by atoms with Gasteiger partial charge in [-0.1, -0.05) is 29.8 Å². The molecule has 48 heavy (non-hydrogen) atoms. The zero-order chi connectivity index (χ0) is 33.6. The van der Waals surface area contributed by atoms with E-state index < -0.39 is 11.0 Å². The number of methoxy groups -OCH3 is 1. The maximum absolute atomic E-state index is 13.1. The summed E-state index contributed by atoms with van der Waals surface area (Å²) in [7, 11) is 0.549. The van der Waals surface area contributed by atoms with E-state index in [2.05, 4.69) is 20.2 Å². The van der Waals surface area contributed by atoms with Crippen molar-refractivity contribution in [1.29, 1.82) is 0 Å². The third kappa shape index (κ3) is 8.10. The van der Waals surface area contributed by atoms with Crippen LogP contribution >= 0.6 is 11.6 Å². The smallest absolute Gasteiger partial charge is 0.251 e. The molecule has 0 spiro atoms. The fraction of sp³-hybridized carbons (Fsp3) is 0.389. The lowest BCUT2D eigenvalue weighted by Gasteiger charge is -2.25. The molecule has 3 N–H and O–H groups in total. The number of ether oxygens (including phenoxy) is 1. The first-order valence-electron chi connectivity index (χ1n) is 16.4. The topological polar surface area (TPSA) is 112 Å². The number of nitrogens with one attached hydrogen (secondary N) is 2. The van der Waals surface area contributed by atoms with E-state index >= 15 is 0 Å². The van der Waals surface area contributed by atoms with Gasteiger partial charge in [0.25, 0.3) is 5.91 Å². The van der Waals surface area contributed by atoms with Gasteiger partial charge >= 0.3 is 0 Å². The molecular weight excluding hydrogens is 648 g/mol. The number of anilines is 1. The minimum Gasteiger partial charge on any atom is -0.497 e. The first-order valence-corrected chi connectivity index (χ1v) is 18.3. The Labute approximate surface area is 289 Å². The van der Waals surface area contributed by atoms with Crippen molar-refractivity contribution in [3.8, 4) is 28.1 Å². The molecule has 3 heterocycles. The minimum atomic E-state index is -1.09. The molecule has 6 rings (SSSR count). The summed E-state index contributed by atoms with van der Waals surface area (Å²) in [5, 5.41) is 21.9. The average Bonchev–Trinajstić information content (AvgIpc) is 3.69. The van der Waals surface area contributed by atoms with Crippen LogP contribution in [0.1, 0.15) is 34.5 Å². The number of nitrogens with zero attached hydrogens (tertiary/aromatic N) is 4. The molecule has 2 atom stereocenters. The molecule has 2 aliphatic heterocycles. The molecule has 0 aliphatic carbocycles. The van der Waals surface area contributed by atoms with E-state index in [4.69, 9.17) is 21.4 Å². The molecule has 0 radical (unpaired) electrons. The molecule has 2 unspecified atom stereocenters. The molecule has 1 saturated heterocycles.